The Hall–Kier alpha value is -1.95. The number of pyridine rings is 1. The smallest absolute Gasteiger partial charge is 0.225 e. The van der Waals surface area contributed by atoms with Gasteiger partial charge in [0.25, 0.3) is 0 Å². The van der Waals surface area contributed by atoms with Crippen LogP contribution in [0.4, 0.5) is 0 Å². The van der Waals surface area contributed by atoms with E-state index < -0.39 is 0 Å². The second kappa shape index (κ2) is 9.03. The molecule has 152 valence electrons. The van der Waals surface area contributed by atoms with Gasteiger partial charge in [0, 0.05) is 37.8 Å². The van der Waals surface area contributed by atoms with E-state index in [-0.39, 0.29) is 11.8 Å². The van der Waals surface area contributed by atoms with E-state index in [2.05, 4.69) is 20.1 Å². The lowest BCUT2D eigenvalue weighted by molar-refractivity contribution is -0.139. The standard InChI is InChI=1S/C22H32N4O2/c27-21(24-15-19-8-1-2-11-23-19)18-7-4-12-26(16-18)20-9-13-25(14-10-20)22(28)17-5-3-6-17/h1-2,8,11,17-18,20H,3-7,9-10,12-16H2,(H,24,27). The Morgan fingerprint density at radius 2 is 1.79 bits per heavy atom. The minimum Gasteiger partial charge on any atom is -0.350 e. The van der Waals surface area contributed by atoms with Gasteiger partial charge in [0.15, 0.2) is 0 Å². The highest BCUT2D eigenvalue weighted by molar-refractivity contribution is 5.80. The number of aromatic nitrogens is 1. The van der Waals surface area contributed by atoms with Crippen LogP contribution in [0.1, 0.15) is 50.6 Å². The molecule has 28 heavy (non-hydrogen) atoms. The number of rotatable bonds is 5. The molecule has 2 aliphatic heterocycles. The molecule has 4 rings (SSSR count). The van der Waals surface area contributed by atoms with Crippen molar-refractivity contribution >= 4 is 11.8 Å². The van der Waals surface area contributed by atoms with Gasteiger partial charge in [-0.3, -0.25) is 19.5 Å². The summed E-state index contributed by atoms with van der Waals surface area (Å²) in [5.41, 5.74) is 0.895. The zero-order valence-electron chi connectivity index (χ0n) is 16.7. The van der Waals surface area contributed by atoms with E-state index in [1.165, 1.54) is 6.42 Å². The third-order valence-electron chi connectivity index (χ3n) is 6.74. The molecule has 0 radical (unpaired) electrons. The lowest BCUT2D eigenvalue weighted by Gasteiger charge is -2.43. The van der Waals surface area contributed by atoms with Crippen molar-refractivity contribution in [2.24, 2.45) is 11.8 Å². The molecule has 0 aromatic carbocycles. The van der Waals surface area contributed by atoms with Crippen molar-refractivity contribution in [3.63, 3.8) is 0 Å². The van der Waals surface area contributed by atoms with Gasteiger partial charge in [-0.25, -0.2) is 0 Å². The molecule has 1 N–H and O–H groups in total. The zero-order valence-corrected chi connectivity index (χ0v) is 16.7. The molecule has 0 spiro atoms. The number of carbonyl (C=O) groups excluding carboxylic acids is 2. The molecule has 0 bridgehead atoms. The van der Waals surface area contributed by atoms with E-state index in [0.717, 1.165) is 70.4 Å². The molecule has 3 fully saturated rings. The summed E-state index contributed by atoms with van der Waals surface area (Å²) in [5, 5.41) is 3.06. The second-order valence-electron chi connectivity index (χ2n) is 8.56. The summed E-state index contributed by atoms with van der Waals surface area (Å²) in [6, 6.07) is 6.28. The first kappa shape index (κ1) is 19.4. The Bertz CT molecular complexity index is 668. The largest absolute Gasteiger partial charge is 0.350 e. The maximum Gasteiger partial charge on any atom is 0.225 e. The second-order valence-corrected chi connectivity index (χ2v) is 8.56. The molecule has 2 amide bonds. The number of nitrogens with one attached hydrogen (secondary N) is 1. The molecule has 6 heteroatoms. The number of carbonyl (C=O) groups is 2. The molecule has 2 saturated heterocycles. The third-order valence-corrected chi connectivity index (χ3v) is 6.74. The number of nitrogens with zero attached hydrogens (tertiary/aromatic N) is 3. The summed E-state index contributed by atoms with van der Waals surface area (Å²) in [4.78, 5) is 33.9. The molecule has 1 unspecified atom stereocenters. The lowest BCUT2D eigenvalue weighted by Crippen LogP contribution is -2.52. The lowest BCUT2D eigenvalue weighted by atomic mass is 9.84. The fourth-order valence-electron chi connectivity index (χ4n) is 4.74. The number of amides is 2. The Labute approximate surface area is 167 Å². The van der Waals surface area contributed by atoms with Crippen molar-refractivity contribution in [3.05, 3.63) is 30.1 Å². The number of piperidine rings is 2. The Balaban J connectivity index is 1.23. The van der Waals surface area contributed by atoms with Crippen molar-refractivity contribution in [3.8, 4) is 0 Å². The number of hydrogen-bond donors (Lipinski definition) is 1. The number of hydrogen-bond acceptors (Lipinski definition) is 4. The van der Waals surface area contributed by atoms with Crippen molar-refractivity contribution in [1.29, 1.82) is 0 Å². The fraction of sp³-hybridized carbons (Fsp3) is 0.682. The molecule has 6 nitrogen and oxygen atoms in total. The predicted molar refractivity (Wildman–Crippen MR) is 107 cm³/mol. The summed E-state index contributed by atoms with van der Waals surface area (Å²) in [7, 11) is 0. The summed E-state index contributed by atoms with van der Waals surface area (Å²) in [5.74, 6) is 0.897. The SMILES string of the molecule is O=C(NCc1ccccn1)C1CCCN(C2CCN(C(=O)C3CCC3)CC2)C1. The van der Waals surface area contributed by atoms with Gasteiger partial charge in [-0.05, 0) is 57.2 Å². The van der Waals surface area contributed by atoms with E-state index in [0.29, 0.717) is 24.4 Å². The molecule has 1 saturated carbocycles. The molecule has 1 aromatic rings. The Kier molecular flexibility index (Phi) is 6.25. The monoisotopic (exact) mass is 384 g/mol. The fourth-order valence-corrected chi connectivity index (χ4v) is 4.74. The molecular formula is C22H32N4O2. The minimum atomic E-state index is 0.0621. The van der Waals surface area contributed by atoms with Crippen molar-refractivity contribution in [2.45, 2.75) is 57.5 Å². The van der Waals surface area contributed by atoms with Gasteiger partial charge in [-0.1, -0.05) is 12.5 Å². The van der Waals surface area contributed by atoms with E-state index in [9.17, 15) is 9.59 Å². The van der Waals surface area contributed by atoms with Crippen LogP contribution in [0.3, 0.4) is 0 Å². The maximum absolute atomic E-state index is 12.6. The highest BCUT2D eigenvalue weighted by Crippen LogP contribution is 2.30. The van der Waals surface area contributed by atoms with Crippen LogP contribution < -0.4 is 5.32 Å². The Morgan fingerprint density at radius 1 is 1.00 bits per heavy atom. The molecular weight excluding hydrogens is 352 g/mol. The van der Waals surface area contributed by atoms with E-state index in [1.807, 2.05) is 18.2 Å². The average molecular weight is 385 g/mol. The number of likely N-dealkylation sites (tertiary alicyclic amines) is 2. The van der Waals surface area contributed by atoms with Gasteiger partial charge in [-0.15, -0.1) is 0 Å². The van der Waals surface area contributed by atoms with Gasteiger partial charge >= 0.3 is 0 Å². The highest BCUT2D eigenvalue weighted by Gasteiger charge is 2.35. The van der Waals surface area contributed by atoms with Gasteiger partial charge in [0.05, 0.1) is 18.2 Å². The summed E-state index contributed by atoms with van der Waals surface area (Å²) in [6.07, 6.45) is 9.25. The predicted octanol–water partition coefficient (Wildman–Crippen LogP) is 2.20. The van der Waals surface area contributed by atoms with Gasteiger partial charge in [0.1, 0.15) is 0 Å². The van der Waals surface area contributed by atoms with Gasteiger partial charge in [0.2, 0.25) is 11.8 Å². The van der Waals surface area contributed by atoms with Crippen LogP contribution in [0.25, 0.3) is 0 Å². The summed E-state index contributed by atoms with van der Waals surface area (Å²) in [6.45, 7) is 4.18. The van der Waals surface area contributed by atoms with Crippen LogP contribution in [-0.2, 0) is 16.1 Å². The normalized spacial score (nSPS) is 24.6. The van der Waals surface area contributed by atoms with Crippen LogP contribution in [0.5, 0.6) is 0 Å². The first-order valence-corrected chi connectivity index (χ1v) is 10.9. The molecule has 1 aliphatic carbocycles. The minimum absolute atomic E-state index is 0.0621. The van der Waals surface area contributed by atoms with Crippen molar-refractivity contribution in [2.75, 3.05) is 26.2 Å². The van der Waals surface area contributed by atoms with Crippen LogP contribution in [0, 0.1) is 11.8 Å². The van der Waals surface area contributed by atoms with Crippen molar-refractivity contribution < 1.29 is 9.59 Å². The van der Waals surface area contributed by atoms with Crippen LogP contribution >= 0.6 is 0 Å². The summed E-state index contributed by atoms with van der Waals surface area (Å²) < 4.78 is 0. The van der Waals surface area contributed by atoms with E-state index >= 15 is 0 Å². The zero-order chi connectivity index (χ0) is 19.3. The third kappa shape index (κ3) is 4.54. The first-order valence-electron chi connectivity index (χ1n) is 10.9. The molecule has 3 aliphatic rings. The van der Waals surface area contributed by atoms with Gasteiger partial charge in [-0.2, -0.15) is 0 Å². The maximum atomic E-state index is 12.6. The van der Waals surface area contributed by atoms with Crippen LogP contribution in [0.2, 0.25) is 0 Å². The Morgan fingerprint density at radius 3 is 2.46 bits per heavy atom. The first-order chi connectivity index (χ1) is 13.7. The molecule has 3 heterocycles. The summed E-state index contributed by atoms with van der Waals surface area (Å²) >= 11 is 0. The van der Waals surface area contributed by atoms with Gasteiger partial charge < -0.3 is 10.2 Å². The quantitative estimate of drug-likeness (QED) is 0.845. The molecule has 1 aromatic heterocycles. The topological polar surface area (TPSA) is 65.5 Å². The van der Waals surface area contributed by atoms with Crippen LogP contribution in [0.15, 0.2) is 24.4 Å². The van der Waals surface area contributed by atoms with Crippen LogP contribution in [-0.4, -0.2) is 58.8 Å². The highest BCUT2D eigenvalue weighted by atomic mass is 16.2. The van der Waals surface area contributed by atoms with E-state index in [4.69, 9.17) is 0 Å². The van der Waals surface area contributed by atoms with E-state index in [1.54, 1.807) is 6.20 Å². The molecule has 1 atom stereocenters. The van der Waals surface area contributed by atoms with Crippen molar-refractivity contribution in [1.82, 2.24) is 20.1 Å². The average Bonchev–Trinajstić information content (AvgIpc) is 2.72.